The molecule has 0 saturated carbocycles. The predicted octanol–water partition coefficient (Wildman–Crippen LogP) is 3.72. The minimum Gasteiger partial charge on any atom is -0.497 e. The molecule has 0 aliphatic heterocycles. The van der Waals surface area contributed by atoms with Crippen molar-refractivity contribution in [3.05, 3.63) is 53.9 Å². The second-order valence-electron chi connectivity index (χ2n) is 5.32. The normalized spacial score (nSPS) is 10.7. The van der Waals surface area contributed by atoms with Crippen molar-refractivity contribution < 1.29 is 13.9 Å². The maximum absolute atomic E-state index is 12.1. The molecule has 5 nitrogen and oxygen atoms in total. The van der Waals surface area contributed by atoms with E-state index < -0.39 is 0 Å². The van der Waals surface area contributed by atoms with Crippen molar-refractivity contribution in [2.45, 2.75) is 19.8 Å². The van der Waals surface area contributed by atoms with Gasteiger partial charge in [0.1, 0.15) is 11.3 Å². The Balaban J connectivity index is 1.61. The number of nitrogens with one attached hydrogen (secondary N) is 1. The van der Waals surface area contributed by atoms with Gasteiger partial charge in [0.25, 0.3) is 0 Å². The second-order valence-corrected chi connectivity index (χ2v) is 5.32. The Morgan fingerprint density at radius 1 is 1.26 bits per heavy atom. The minimum absolute atomic E-state index is 0.0348. The number of amides is 1. The minimum atomic E-state index is -0.0348. The van der Waals surface area contributed by atoms with Gasteiger partial charge in [-0.05, 0) is 42.3 Å². The first-order valence-electron chi connectivity index (χ1n) is 7.44. The molecular formula is C18H18N2O3. The van der Waals surface area contributed by atoms with E-state index in [-0.39, 0.29) is 5.91 Å². The quantitative estimate of drug-likeness (QED) is 0.780. The van der Waals surface area contributed by atoms with E-state index in [4.69, 9.17) is 9.15 Å². The van der Waals surface area contributed by atoms with Crippen molar-refractivity contribution >= 4 is 22.7 Å². The number of rotatable bonds is 5. The van der Waals surface area contributed by atoms with Crippen LogP contribution in [0.5, 0.6) is 5.75 Å². The molecular weight excluding hydrogens is 292 g/mol. The summed E-state index contributed by atoms with van der Waals surface area (Å²) in [6.45, 7) is 1.80. The van der Waals surface area contributed by atoms with Gasteiger partial charge < -0.3 is 14.5 Å². The molecule has 0 aliphatic rings. The van der Waals surface area contributed by atoms with E-state index in [1.54, 1.807) is 14.0 Å². The summed E-state index contributed by atoms with van der Waals surface area (Å²) < 4.78 is 10.6. The number of carbonyl (C=O) groups is 1. The van der Waals surface area contributed by atoms with Gasteiger partial charge in [0.15, 0.2) is 11.5 Å². The number of aryl methyl sites for hydroxylation is 2. The first-order valence-corrected chi connectivity index (χ1v) is 7.44. The van der Waals surface area contributed by atoms with Gasteiger partial charge >= 0.3 is 0 Å². The Bertz CT molecular complexity index is 839. The van der Waals surface area contributed by atoms with E-state index in [1.807, 2.05) is 42.5 Å². The van der Waals surface area contributed by atoms with Gasteiger partial charge in [-0.3, -0.25) is 4.79 Å². The monoisotopic (exact) mass is 310 g/mol. The van der Waals surface area contributed by atoms with Crippen molar-refractivity contribution in [3.8, 4) is 5.75 Å². The third-order valence-corrected chi connectivity index (χ3v) is 3.55. The Hall–Kier alpha value is -2.82. The van der Waals surface area contributed by atoms with Crippen molar-refractivity contribution in [3.63, 3.8) is 0 Å². The average Bonchev–Trinajstić information content (AvgIpc) is 2.92. The number of aromatic nitrogens is 1. The van der Waals surface area contributed by atoms with E-state index in [2.05, 4.69) is 10.3 Å². The number of benzene rings is 2. The van der Waals surface area contributed by atoms with E-state index >= 15 is 0 Å². The fourth-order valence-electron chi connectivity index (χ4n) is 2.43. The van der Waals surface area contributed by atoms with E-state index in [0.717, 1.165) is 28.1 Å². The summed E-state index contributed by atoms with van der Waals surface area (Å²) in [6.07, 6.45) is 1.07. The average molecular weight is 310 g/mol. The molecule has 0 spiro atoms. The first kappa shape index (κ1) is 15.1. The highest BCUT2D eigenvalue weighted by Crippen LogP contribution is 2.20. The van der Waals surface area contributed by atoms with Gasteiger partial charge in [-0.15, -0.1) is 0 Å². The molecule has 1 heterocycles. The summed E-state index contributed by atoms with van der Waals surface area (Å²) in [7, 11) is 1.63. The zero-order valence-electron chi connectivity index (χ0n) is 13.1. The molecule has 5 heteroatoms. The molecule has 118 valence electrons. The summed E-state index contributed by atoms with van der Waals surface area (Å²) in [4.78, 5) is 16.4. The topological polar surface area (TPSA) is 64.4 Å². The largest absolute Gasteiger partial charge is 0.497 e. The van der Waals surface area contributed by atoms with Crippen LogP contribution in [0, 0.1) is 6.92 Å². The van der Waals surface area contributed by atoms with E-state index in [9.17, 15) is 4.79 Å². The number of methoxy groups -OCH3 is 1. The van der Waals surface area contributed by atoms with Crippen LogP contribution in [0.25, 0.3) is 11.1 Å². The first-order chi connectivity index (χ1) is 11.1. The van der Waals surface area contributed by atoms with Crippen LogP contribution in [0.15, 0.2) is 46.9 Å². The van der Waals surface area contributed by atoms with E-state index in [0.29, 0.717) is 18.7 Å². The molecule has 0 radical (unpaired) electrons. The summed E-state index contributed by atoms with van der Waals surface area (Å²) in [6, 6.07) is 13.2. The third kappa shape index (κ3) is 3.69. The Kier molecular flexibility index (Phi) is 4.28. The Labute approximate surface area is 134 Å². The molecule has 2 aromatic carbocycles. The summed E-state index contributed by atoms with van der Waals surface area (Å²) in [5.41, 5.74) is 3.26. The van der Waals surface area contributed by atoms with Crippen molar-refractivity contribution in [1.82, 2.24) is 4.98 Å². The van der Waals surface area contributed by atoms with Crippen molar-refractivity contribution in [1.29, 1.82) is 0 Å². The van der Waals surface area contributed by atoms with Gasteiger partial charge in [-0.2, -0.15) is 0 Å². The molecule has 0 fully saturated rings. The molecule has 3 aromatic rings. The van der Waals surface area contributed by atoms with Gasteiger partial charge in [0.2, 0.25) is 5.91 Å². The SMILES string of the molecule is COc1cccc(CCC(=O)Nc2ccc3oc(C)nc3c2)c1. The summed E-state index contributed by atoms with van der Waals surface area (Å²) >= 11 is 0. The lowest BCUT2D eigenvalue weighted by Crippen LogP contribution is -2.12. The number of hydrogen-bond acceptors (Lipinski definition) is 4. The molecule has 23 heavy (non-hydrogen) atoms. The highest BCUT2D eigenvalue weighted by Gasteiger charge is 2.07. The van der Waals surface area contributed by atoms with Gasteiger partial charge in [0, 0.05) is 19.0 Å². The molecule has 0 aliphatic carbocycles. The lowest BCUT2D eigenvalue weighted by molar-refractivity contribution is -0.116. The highest BCUT2D eigenvalue weighted by atomic mass is 16.5. The van der Waals surface area contributed by atoms with Crippen molar-refractivity contribution in [2.75, 3.05) is 12.4 Å². The predicted molar refractivity (Wildman–Crippen MR) is 88.7 cm³/mol. The van der Waals surface area contributed by atoms with Crippen LogP contribution < -0.4 is 10.1 Å². The smallest absolute Gasteiger partial charge is 0.224 e. The molecule has 0 saturated heterocycles. The summed E-state index contributed by atoms with van der Waals surface area (Å²) in [5.74, 6) is 1.38. The number of hydrogen-bond donors (Lipinski definition) is 1. The number of nitrogens with zero attached hydrogens (tertiary/aromatic N) is 1. The highest BCUT2D eigenvalue weighted by molar-refractivity contribution is 5.92. The zero-order valence-corrected chi connectivity index (χ0v) is 13.1. The fraction of sp³-hybridized carbons (Fsp3) is 0.222. The second kappa shape index (κ2) is 6.52. The van der Waals surface area contributed by atoms with Crippen LogP contribution in [0.2, 0.25) is 0 Å². The number of oxazole rings is 1. The lowest BCUT2D eigenvalue weighted by atomic mass is 10.1. The number of fused-ring (bicyclic) bond motifs is 1. The van der Waals surface area contributed by atoms with Crippen molar-refractivity contribution in [2.24, 2.45) is 0 Å². The molecule has 0 bridgehead atoms. The molecule has 1 amide bonds. The summed E-state index contributed by atoms with van der Waals surface area (Å²) in [5, 5.41) is 2.89. The van der Waals surface area contributed by atoms with Crippen LogP contribution in [0.1, 0.15) is 17.9 Å². The Morgan fingerprint density at radius 2 is 2.13 bits per heavy atom. The van der Waals surface area contributed by atoms with Crippen LogP contribution >= 0.6 is 0 Å². The number of ether oxygens (including phenoxy) is 1. The van der Waals surface area contributed by atoms with E-state index in [1.165, 1.54) is 0 Å². The number of anilines is 1. The third-order valence-electron chi connectivity index (χ3n) is 3.55. The standard InChI is InChI=1S/C18H18N2O3/c1-12-19-16-11-14(7-8-17(16)23-12)20-18(21)9-6-13-4-3-5-15(10-13)22-2/h3-5,7-8,10-11H,6,9H2,1-2H3,(H,20,21). The van der Waals surface area contributed by atoms with Crippen LogP contribution in [0.4, 0.5) is 5.69 Å². The Morgan fingerprint density at radius 3 is 2.96 bits per heavy atom. The van der Waals surface area contributed by atoms with Gasteiger partial charge in [0.05, 0.1) is 7.11 Å². The van der Waals surface area contributed by atoms with Gasteiger partial charge in [-0.25, -0.2) is 4.98 Å². The molecule has 0 atom stereocenters. The number of carbonyl (C=O) groups excluding carboxylic acids is 1. The molecule has 0 unspecified atom stereocenters. The molecule has 3 rings (SSSR count). The maximum Gasteiger partial charge on any atom is 0.224 e. The zero-order chi connectivity index (χ0) is 16.2. The van der Waals surface area contributed by atoms with Crippen LogP contribution in [-0.4, -0.2) is 18.0 Å². The van der Waals surface area contributed by atoms with Gasteiger partial charge in [-0.1, -0.05) is 12.1 Å². The maximum atomic E-state index is 12.1. The van der Waals surface area contributed by atoms with Crippen LogP contribution in [0.3, 0.4) is 0 Å². The molecule has 1 aromatic heterocycles. The fourth-order valence-corrected chi connectivity index (χ4v) is 2.43. The molecule has 1 N–H and O–H groups in total. The van der Waals surface area contributed by atoms with Crippen LogP contribution in [-0.2, 0) is 11.2 Å². The lowest BCUT2D eigenvalue weighted by Gasteiger charge is -2.06.